The zero-order valence-electron chi connectivity index (χ0n) is 11.5. The number of hydrogen-bond acceptors (Lipinski definition) is 2. The largest absolute Gasteiger partial charge is 0.396 e. The van der Waals surface area contributed by atoms with Gasteiger partial charge in [0.1, 0.15) is 0 Å². The highest BCUT2D eigenvalue weighted by molar-refractivity contribution is 6.30. The Morgan fingerprint density at radius 2 is 1.95 bits per heavy atom. The number of aliphatic hydroxyl groups is 1. The van der Waals surface area contributed by atoms with Crippen molar-refractivity contribution in [3.8, 4) is 0 Å². The Morgan fingerprint density at radius 3 is 2.47 bits per heavy atom. The molecule has 1 rings (SSSR count). The minimum atomic E-state index is -0.0941. The van der Waals surface area contributed by atoms with Crippen LogP contribution in [0.4, 0.5) is 0 Å². The molecule has 1 atom stereocenters. The molecule has 0 saturated heterocycles. The van der Waals surface area contributed by atoms with Crippen molar-refractivity contribution in [2.75, 3.05) is 13.2 Å². The van der Waals surface area contributed by atoms with E-state index in [9.17, 15) is 4.79 Å². The Labute approximate surface area is 120 Å². The average molecular weight is 284 g/mol. The Bertz CT molecular complexity index is 390. The average Bonchev–Trinajstić information content (AvgIpc) is 2.36. The number of benzene rings is 1. The van der Waals surface area contributed by atoms with Gasteiger partial charge in [-0.25, -0.2) is 0 Å². The zero-order chi connectivity index (χ0) is 14.3. The van der Waals surface area contributed by atoms with E-state index in [-0.39, 0.29) is 12.5 Å². The van der Waals surface area contributed by atoms with E-state index in [1.807, 2.05) is 0 Å². The summed E-state index contributed by atoms with van der Waals surface area (Å²) in [5.74, 6) is 0.786. The van der Waals surface area contributed by atoms with Gasteiger partial charge in [-0.2, -0.15) is 0 Å². The first-order chi connectivity index (χ1) is 9.02. The van der Waals surface area contributed by atoms with Crippen LogP contribution in [0.5, 0.6) is 0 Å². The Morgan fingerprint density at radius 1 is 1.32 bits per heavy atom. The van der Waals surface area contributed by atoms with Crippen LogP contribution in [-0.4, -0.2) is 24.2 Å². The molecule has 0 aromatic heterocycles. The van der Waals surface area contributed by atoms with Gasteiger partial charge < -0.3 is 10.4 Å². The van der Waals surface area contributed by atoms with E-state index >= 15 is 0 Å². The lowest BCUT2D eigenvalue weighted by Gasteiger charge is -2.18. The Balaban J connectivity index is 2.49. The molecule has 1 unspecified atom stereocenters. The van der Waals surface area contributed by atoms with Crippen molar-refractivity contribution >= 4 is 17.5 Å². The fraction of sp³-hybridized carbons (Fsp3) is 0.533. The highest BCUT2D eigenvalue weighted by Gasteiger charge is 2.13. The van der Waals surface area contributed by atoms with Gasteiger partial charge in [0, 0.05) is 23.7 Å². The van der Waals surface area contributed by atoms with Crippen molar-refractivity contribution in [1.29, 1.82) is 0 Å². The number of halogens is 1. The SMILES string of the molecule is CC(C)CC(CCO)CNC(=O)c1ccc(Cl)cc1. The van der Waals surface area contributed by atoms with Crippen molar-refractivity contribution < 1.29 is 9.90 Å². The van der Waals surface area contributed by atoms with Crippen LogP contribution < -0.4 is 5.32 Å². The molecule has 106 valence electrons. The molecule has 4 heteroatoms. The van der Waals surface area contributed by atoms with Crippen LogP contribution in [0.1, 0.15) is 37.0 Å². The van der Waals surface area contributed by atoms with Crippen molar-refractivity contribution in [2.45, 2.75) is 26.7 Å². The lowest BCUT2D eigenvalue weighted by molar-refractivity contribution is 0.0941. The van der Waals surface area contributed by atoms with Gasteiger partial charge >= 0.3 is 0 Å². The maximum atomic E-state index is 11.9. The van der Waals surface area contributed by atoms with Gasteiger partial charge in [-0.1, -0.05) is 25.4 Å². The number of rotatable bonds is 7. The number of aliphatic hydroxyl groups excluding tert-OH is 1. The molecular formula is C15H22ClNO2. The van der Waals surface area contributed by atoms with Gasteiger partial charge in [-0.15, -0.1) is 0 Å². The minimum Gasteiger partial charge on any atom is -0.396 e. The predicted octanol–water partition coefficient (Wildman–Crippen LogP) is 3.11. The molecule has 0 aliphatic rings. The summed E-state index contributed by atoms with van der Waals surface area (Å²) in [4.78, 5) is 11.9. The summed E-state index contributed by atoms with van der Waals surface area (Å²) in [6.07, 6.45) is 1.72. The molecular weight excluding hydrogens is 262 g/mol. The second-order valence-electron chi connectivity index (χ2n) is 5.22. The van der Waals surface area contributed by atoms with Crippen LogP contribution in [0.15, 0.2) is 24.3 Å². The fourth-order valence-electron chi connectivity index (χ4n) is 2.09. The monoisotopic (exact) mass is 283 g/mol. The molecule has 1 aromatic rings. The van der Waals surface area contributed by atoms with Crippen LogP contribution in [0, 0.1) is 11.8 Å². The van der Waals surface area contributed by atoms with Gasteiger partial charge in [-0.05, 0) is 48.9 Å². The summed E-state index contributed by atoms with van der Waals surface area (Å²) in [6, 6.07) is 6.83. The number of hydrogen-bond donors (Lipinski definition) is 2. The van der Waals surface area contributed by atoms with Crippen LogP contribution in [-0.2, 0) is 0 Å². The van der Waals surface area contributed by atoms with Gasteiger partial charge in [0.05, 0.1) is 0 Å². The topological polar surface area (TPSA) is 49.3 Å². The third-order valence-electron chi connectivity index (χ3n) is 3.00. The van der Waals surface area contributed by atoms with Crippen LogP contribution >= 0.6 is 11.6 Å². The van der Waals surface area contributed by atoms with E-state index in [2.05, 4.69) is 19.2 Å². The van der Waals surface area contributed by atoms with E-state index in [1.165, 1.54) is 0 Å². The molecule has 0 spiro atoms. The summed E-state index contributed by atoms with van der Waals surface area (Å²) in [7, 11) is 0. The summed E-state index contributed by atoms with van der Waals surface area (Å²) < 4.78 is 0. The maximum absolute atomic E-state index is 11.9. The number of carbonyl (C=O) groups is 1. The van der Waals surface area contributed by atoms with E-state index in [4.69, 9.17) is 16.7 Å². The first kappa shape index (κ1) is 16.0. The van der Waals surface area contributed by atoms with E-state index < -0.39 is 0 Å². The van der Waals surface area contributed by atoms with Crippen molar-refractivity contribution in [2.24, 2.45) is 11.8 Å². The molecule has 0 radical (unpaired) electrons. The molecule has 1 aromatic carbocycles. The van der Waals surface area contributed by atoms with Gasteiger partial charge in [0.15, 0.2) is 0 Å². The van der Waals surface area contributed by atoms with Gasteiger partial charge in [0.2, 0.25) is 0 Å². The highest BCUT2D eigenvalue weighted by Crippen LogP contribution is 2.15. The maximum Gasteiger partial charge on any atom is 0.251 e. The van der Waals surface area contributed by atoms with E-state index in [0.29, 0.717) is 29.0 Å². The second-order valence-corrected chi connectivity index (χ2v) is 5.66. The molecule has 0 aliphatic heterocycles. The number of carbonyl (C=O) groups excluding carboxylic acids is 1. The molecule has 0 bridgehead atoms. The van der Waals surface area contributed by atoms with Crippen LogP contribution in [0.3, 0.4) is 0 Å². The molecule has 1 amide bonds. The third-order valence-corrected chi connectivity index (χ3v) is 3.25. The molecule has 19 heavy (non-hydrogen) atoms. The van der Waals surface area contributed by atoms with Crippen molar-refractivity contribution in [3.05, 3.63) is 34.9 Å². The first-order valence-corrected chi connectivity index (χ1v) is 7.05. The molecule has 0 heterocycles. The van der Waals surface area contributed by atoms with E-state index in [1.54, 1.807) is 24.3 Å². The molecule has 0 saturated carbocycles. The predicted molar refractivity (Wildman–Crippen MR) is 78.4 cm³/mol. The number of nitrogens with one attached hydrogen (secondary N) is 1. The second kappa shape index (κ2) is 8.18. The Hall–Kier alpha value is -1.06. The first-order valence-electron chi connectivity index (χ1n) is 6.67. The standard InChI is InChI=1S/C15H22ClNO2/c1-11(2)9-12(7-8-18)10-17-15(19)13-3-5-14(16)6-4-13/h3-6,11-12,18H,7-10H2,1-2H3,(H,17,19). The van der Waals surface area contributed by atoms with Crippen LogP contribution in [0.2, 0.25) is 5.02 Å². The van der Waals surface area contributed by atoms with E-state index in [0.717, 1.165) is 12.8 Å². The summed E-state index contributed by atoms with van der Waals surface area (Å²) in [5, 5.41) is 12.6. The van der Waals surface area contributed by atoms with Gasteiger partial charge in [0.25, 0.3) is 5.91 Å². The van der Waals surface area contributed by atoms with Gasteiger partial charge in [-0.3, -0.25) is 4.79 Å². The van der Waals surface area contributed by atoms with Crippen LogP contribution in [0.25, 0.3) is 0 Å². The summed E-state index contributed by atoms with van der Waals surface area (Å²) in [5.41, 5.74) is 0.608. The lowest BCUT2D eigenvalue weighted by atomic mass is 9.94. The third kappa shape index (κ3) is 6.08. The molecule has 0 aliphatic carbocycles. The highest BCUT2D eigenvalue weighted by atomic mass is 35.5. The lowest BCUT2D eigenvalue weighted by Crippen LogP contribution is -2.30. The normalized spacial score (nSPS) is 12.5. The number of amides is 1. The van der Waals surface area contributed by atoms with Crippen molar-refractivity contribution in [1.82, 2.24) is 5.32 Å². The zero-order valence-corrected chi connectivity index (χ0v) is 12.3. The fourth-order valence-corrected chi connectivity index (χ4v) is 2.22. The van der Waals surface area contributed by atoms with Crippen molar-refractivity contribution in [3.63, 3.8) is 0 Å². The quantitative estimate of drug-likeness (QED) is 0.808. The summed E-state index contributed by atoms with van der Waals surface area (Å²) >= 11 is 5.78. The molecule has 0 fully saturated rings. The summed E-state index contributed by atoms with van der Waals surface area (Å²) in [6.45, 7) is 5.05. The Kier molecular flexibility index (Phi) is 6.89. The molecule has 2 N–H and O–H groups in total. The smallest absolute Gasteiger partial charge is 0.251 e. The minimum absolute atomic E-state index is 0.0941. The molecule has 3 nitrogen and oxygen atoms in total.